The number of nitrogens with two attached hydrogens (primary N) is 1. The van der Waals surface area contributed by atoms with Crippen LogP contribution in [0.4, 0.5) is 5.69 Å². The molecule has 0 saturated heterocycles. The van der Waals surface area contributed by atoms with Crippen molar-refractivity contribution in [2.24, 2.45) is 0 Å². The zero-order valence-corrected chi connectivity index (χ0v) is 10.5. The smallest absolute Gasteiger partial charge is 0.0794 e. The van der Waals surface area contributed by atoms with Crippen LogP contribution in [0.3, 0.4) is 0 Å². The first kappa shape index (κ1) is 12.1. The van der Waals surface area contributed by atoms with Crippen LogP contribution >= 0.6 is 11.3 Å². The lowest BCUT2D eigenvalue weighted by atomic mass is 10.1. The number of rotatable bonds is 6. The van der Waals surface area contributed by atoms with Gasteiger partial charge in [-0.2, -0.15) is 0 Å². The average molecular weight is 247 g/mol. The molecular formula is C13H17N3S. The van der Waals surface area contributed by atoms with E-state index in [2.05, 4.69) is 21.7 Å². The Morgan fingerprint density at radius 2 is 2.12 bits per heavy atom. The molecule has 3 N–H and O–H groups in total. The van der Waals surface area contributed by atoms with Crippen molar-refractivity contribution < 1.29 is 0 Å². The molecule has 17 heavy (non-hydrogen) atoms. The molecule has 0 atom stereocenters. The van der Waals surface area contributed by atoms with Crippen molar-refractivity contribution in [1.82, 2.24) is 10.3 Å². The fourth-order valence-corrected chi connectivity index (χ4v) is 2.28. The Morgan fingerprint density at radius 3 is 2.88 bits per heavy atom. The molecule has 2 aromatic rings. The monoisotopic (exact) mass is 247 g/mol. The van der Waals surface area contributed by atoms with Crippen LogP contribution in [0.25, 0.3) is 0 Å². The number of nitrogen functional groups attached to an aromatic ring is 1. The number of nitrogens with zero attached hydrogens (tertiary/aromatic N) is 1. The standard InChI is InChI=1S/C13H17N3S/c14-12-3-1-2-11(8-12)4-6-15-7-5-13-9-17-10-16-13/h1-3,8-10,15H,4-7,14H2. The Kier molecular flexibility index (Phi) is 4.53. The zero-order valence-electron chi connectivity index (χ0n) is 9.73. The summed E-state index contributed by atoms with van der Waals surface area (Å²) in [6, 6.07) is 8.06. The van der Waals surface area contributed by atoms with Crippen molar-refractivity contribution in [3.05, 3.63) is 46.4 Å². The molecule has 0 spiro atoms. The van der Waals surface area contributed by atoms with Crippen LogP contribution in [0.2, 0.25) is 0 Å². The van der Waals surface area contributed by atoms with Gasteiger partial charge in [0.1, 0.15) is 0 Å². The Morgan fingerprint density at radius 1 is 1.24 bits per heavy atom. The van der Waals surface area contributed by atoms with Gasteiger partial charge in [-0.25, -0.2) is 4.98 Å². The number of hydrogen-bond donors (Lipinski definition) is 2. The molecule has 0 bridgehead atoms. The summed E-state index contributed by atoms with van der Waals surface area (Å²) < 4.78 is 0. The summed E-state index contributed by atoms with van der Waals surface area (Å²) >= 11 is 1.65. The van der Waals surface area contributed by atoms with E-state index < -0.39 is 0 Å². The zero-order chi connectivity index (χ0) is 11.9. The second kappa shape index (κ2) is 6.37. The van der Waals surface area contributed by atoms with E-state index in [4.69, 9.17) is 5.73 Å². The molecule has 0 amide bonds. The Labute approximate surface area is 106 Å². The van der Waals surface area contributed by atoms with Gasteiger partial charge in [0.2, 0.25) is 0 Å². The number of nitrogens with one attached hydrogen (secondary N) is 1. The first-order valence-electron chi connectivity index (χ1n) is 5.77. The van der Waals surface area contributed by atoms with Gasteiger partial charge in [0.05, 0.1) is 11.2 Å². The van der Waals surface area contributed by atoms with Crippen molar-refractivity contribution in [3.63, 3.8) is 0 Å². The minimum absolute atomic E-state index is 0.838. The molecule has 1 heterocycles. The molecule has 2 rings (SSSR count). The van der Waals surface area contributed by atoms with Crippen molar-refractivity contribution in [1.29, 1.82) is 0 Å². The maximum atomic E-state index is 5.73. The van der Waals surface area contributed by atoms with Crippen LogP contribution in [0.15, 0.2) is 35.2 Å². The average Bonchev–Trinajstić information content (AvgIpc) is 2.82. The highest BCUT2D eigenvalue weighted by Gasteiger charge is 1.96. The molecule has 4 heteroatoms. The second-order valence-electron chi connectivity index (χ2n) is 3.97. The normalized spacial score (nSPS) is 10.6. The van der Waals surface area contributed by atoms with Gasteiger partial charge >= 0.3 is 0 Å². The van der Waals surface area contributed by atoms with Crippen LogP contribution in [-0.2, 0) is 12.8 Å². The second-order valence-corrected chi connectivity index (χ2v) is 4.69. The number of thiazole rings is 1. The lowest BCUT2D eigenvalue weighted by Crippen LogP contribution is -2.20. The topological polar surface area (TPSA) is 50.9 Å². The minimum Gasteiger partial charge on any atom is -0.399 e. The highest BCUT2D eigenvalue weighted by molar-refractivity contribution is 7.07. The molecule has 0 aliphatic rings. The van der Waals surface area contributed by atoms with Crippen LogP contribution in [0.1, 0.15) is 11.3 Å². The molecule has 0 aliphatic carbocycles. The maximum Gasteiger partial charge on any atom is 0.0794 e. The van der Waals surface area contributed by atoms with E-state index in [9.17, 15) is 0 Å². The van der Waals surface area contributed by atoms with Crippen LogP contribution < -0.4 is 11.1 Å². The summed E-state index contributed by atoms with van der Waals surface area (Å²) in [6.07, 6.45) is 2.02. The van der Waals surface area contributed by atoms with Crippen molar-refractivity contribution in [3.8, 4) is 0 Å². The fraction of sp³-hybridized carbons (Fsp3) is 0.308. The van der Waals surface area contributed by atoms with E-state index in [1.807, 2.05) is 23.7 Å². The van der Waals surface area contributed by atoms with E-state index in [-0.39, 0.29) is 0 Å². The summed E-state index contributed by atoms with van der Waals surface area (Å²) in [4.78, 5) is 4.25. The van der Waals surface area contributed by atoms with Gasteiger partial charge in [0, 0.05) is 24.0 Å². The third-order valence-electron chi connectivity index (χ3n) is 2.58. The quantitative estimate of drug-likeness (QED) is 0.607. The molecule has 0 radical (unpaired) electrons. The van der Waals surface area contributed by atoms with E-state index in [1.165, 1.54) is 11.3 Å². The Hall–Kier alpha value is -1.39. The third-order valence-corrected chi connectivity index (χ3v) is 3.22. The summed E-state index contributed by atoms with van der Waals surface area (Å²) in [5.74, 6) is 0. The van der Waals surface area contributed by atoms with E-state index in [0.717, 1.165) is 31.6 Å². The SMILES string of the molecule is Nc1cccc(CCNCCc2cscn2)c1. The fourth-order valence-electron chi connectivity index (χ4n) is 1.68. The molecule has 3 nitrogen and oxygen atoms in total. The van der Waals surface area contributed by atoms with Crippen molar-refractivity contribution in [2.75, 3.05) is 18.8 Å². The molecular weight excluding hydrogens is 230 g/mol. The third kappa shape index (κ3) is 4.17. The number of benzene rings is 1. The Bertz CT molecular complexity index is 440. The maximum absolute atomic E-state index is 5.73. The minimum atomic E-state index is 0.838. The predicted molar refractivity (Wildman–Crippen MR) is 73.2 cm³/mol. The number of anilines is 1. The van der Waals surface area contributed by atoms with Gasteiger partial charge < -0.3 is 11.1 Å². The molecule has 0 fully saturated rings. The largest absolute Gasteiger partial charge is 0.399 e. The van der Waals surface area contributed by atoms with Crippen LogP contribution in [-0.4, -0.2) is 18.1 Å². The first-order chi connectivity index (χ1) is 8.34. The van der Waals surface area contributed by atoms with Gasteiger partial charge in [0.15, 0.2) is 0 Å². The van der Waals surface area contributed by atoms with Gasteiger partial charge in [-0.05, 0) is 30.7 Å². The summed E-state index contributed by atoms with van der Waals surface area (Å²) in [7, 11) is 0. The summed E-state index contributed by atoms with van der Waals surface area (Å²) in [6.45, 7) is 1.96. The van der Waals surface area contributed by atoms with Crippen molar-refractivity contribution in [2.45, 2.75) is 12.8 Å². The molecule has 0 unspecified atom stereocenters. The highest BCUT2D eigenvalue weighted by Crippen LogP contribution is 2.06. The van der Waals surface area contributed by atoms with Gasteiger partial charge in [-0.3, -0.25) is 0 Å². The van der Waals surface area contributed by atoms with Crippen LogP contribution in [0.5, 0.6) is 0 Å². The van der Waals surface area contributed by atoms with Crippen LogP contribution in [0, 0.1) is 0 Å². The lowest BCUT2D eigenvalue weighted by molar-refractivity contribution is 0.677. The molecule has 0 saturated carbocycles. The van der Waals surface area contributed by atoms with E-state index in [0.29, 0.717) is 0 Å². The highest BCUT2D eigenvalue weighted by atomic mass is 32.1. The predicted octanol–water partition coefficient (Wildman–Crippen LogP) is 2.10. The van der Waals surface area contributed by atoms with Gasteiger partial charge in [0.25, 0.3) is 0 Å². The van der Waals surface area contributed by atoms with Crippen molar-refractivity contribution >= 4 is 17.0 Å². The first-order valence-corrected chi connectivity index (χ1v) is 6.71. The van der Waals surface area contributed by atoms with Gasteiger partial charge in [-0.15, -0.1) is 11.3 Å². The molecule has 90 valence electrons. The molecule has 0 aliphatic heterocycles. The van der Waals surface area contributed by atoms with Gasteiger partial charge in [-0.1, -0.05) is 12.1 Å². The number of hydrogen-bond acceptors (Lipinski definition) is 4. The summed E-state index contributed by atoms with van der Waals surface area (Å²) in [5, 5.41) is 5.51. The molecule has 1 aromatic heterocycles. The van der Waals surface area contributed by atoms with E-state index >= 15 is 0 Å². The Balaban J connectivity index is 1.63. The summed E-state index contributed by atoms with van der Waals surface area (Å²) in [5.41, 5.74) is 10.9. The van der Waals surface area contributed by atoms with E-state index in [1.54, 1.807) is 11.3 Å². The lowest BCUT2D eigenvalue weighted by Gasteiger charge is -2.04. The number of aromatic nitrogens is 1. The molecule has 1 aromatic carbocycles.